The van der Waals surface area contributed by atoms with Gasteiger partial charge < -0.3 is 0 Å². The highest BCUT2D eigenvalue weighted by atomic mass is 79.9. The Morgan fingerprint density at radius 3 is 2.33 bits per heavy atom. The van der Waals surface area contributed by atoms with E-state index in [4.69, 9.17) is 0 Å². The number of hydrogen-bond donors (Lipinski definition) is 0. The first-order valence-electron chi connectivity index (χ1n) is 7.71. The van der Waals surface area contributed by atoms with Gasteiger partial charge in [-0.1, -0.05) is 48.0 Å². The number of ketones is 1. The molecule has 0 fully saturated rings. The lowest BCUT2D eigenvalue weighted by atomic mass is 10.0. The minimum Gasteiger partial charge on any atom is -0.288 e. The highest BCUT2D eigenvalue weighted by molar-refractivity contribution is 9.10. The Balaban J connectivity index is 0.00000100. The van der Waals surface area contributed by atoms with Crippen molar-refractivity contribution in [1.29, 1.82) is 0 Å². The second-order valence-electron chi connectivity index (χ2n) is 4.96. The largest absolute Gasteiger partial charge is 0.288 e. The number of carbonyl (C=O) groups excluding carboxylic acids is 1. The molecule has 24 heavy (non-hydrogen) atoms. The molecule has 4 heteroatoms. The fraction of sp³-hybridized carbons (Fsp3) is 0.150. The summed E-state index contributed by atoms with van der Waals surface area (Å²) < 4.78 is 13.9. The molecule has 0 N–H and O–H groups in total. The average molecular weight is 405 g/mol. The summed E-state index contributed by atoms with van der Waals surface area (Å²) in [5.74, 6) is -0.251. The Morgan fingerprint density at radius 1 is 1.00 bits per heavy atom. The van der Waals surface area contributed by atoms with Crippen molar-refractivity contribution in [1.82, 2.24) is 0 Å². The molecule has 0 spiro atoms. The molecule has 0 aliphatic heterocycles. The number of benzene rings is 2. The first kappa shape index (κ1) is 18.6. The maximum absolute atomic E-state index is 13.0. The third-order valence-corrected chi connectivity index (χ3v) is 5.03. The van der Waals surface area contributed by atoms with Gasteiger partial charge in [0.05, 0.1) is 4.88 Å². The maximum Gasteiger partial charge on any atom is 0.203 e. The summed E-state index contributed by atoms with van der Waals surface area (Å²) in [6.45, 7) is 5.92. The van der Waals surface area contributed by atoms with Crippen molar-refractivity contribution in [2.75, 3.05) is 0 Å². The molecule has 1 nitrogen and oxygen atoms in total. The normalized spacial score (nSPS) is 10.0. The first-order valence-corrected chi connectivity index (χ1v) is 9.32. The molecule has 0 radical (unpaired) electrons. The summed E-state index contributed by atoms with van der Waals surface area (Å²) in [6, 6.07) is 15.7. The molecule has 3 aromatic rings. The molecule has 0 saturated heterocycles. The molecule has 0 atom stereocenters. The fourth-order valence-corrected chi connectivity index (χ4v) is 3.53. The van der Waals surface area contributed by atoms with Gasteiger partial charge in [0.15, 0.2) is 0 Å². The Kier molecular flexibility index (Phi) is 6.46. The average Bonchev–Trinajstić information content (AvgIpc) is 3.09. The summed E-state index contributed by atoms with van der Waals surface area (Å²) in [5.41, 5.74) is 2.56. The molecule has 0 amide bonds. The van der Waals surface area contributed by atoms with E-state index in [1.807, 2.05) is 51.1 Å². The summed E-state index contributed by atoms with van der Waals surface area (Å²) in [6.07, 6.45) is 0. The molecular formula is C20H18BrFOS. The topological polar surface area (TPSA) is 17.1 Å². The van der Waals surface area contributed by atoms with E-state index in [1.165, 1.54) is 23.5 Å². The van der Waals surface area contributed by atoms with Crippen LogP contribution in [0.25, 0.3) is 10.4 Å². The maximum atomic E-state index is 13.0. The highest BCUT2D eigenvalue weighted by Gasteiger charge is 2.15. The third-order valence-electron chi connectivity index (χ3n) is 3.40. The number of carbonyl (C=O) groups is 1. The van der Waals surface area contributed by atoms with Crippen molar-refractivity contribution in [3.8, 4) is 10.4 Å². The molecule has 0 aliphatic carbocycles. The van der Waals surface area contributed by atoms with Crippen LogP contribution in [-0.4, -0.2) is 5.78 Å². The Bertz CT molecular complexity index is 837. The van der Waals surface area contributed by atoms with Crippen LogP contribution in [0, 0.1) is 12.7 Å². The van der Waals surface area contributed by atoms with Crippen LogP contribution in [0.5, 0.6) is 0 Å². The Hall–Kier alpha value is -1.78. The van der Waals surface area contributed by atoms with E-state index in [1.54, 1.807) is 12.1 Å². The van der Waals surface area contributed by atoms with Crippen molar-refractivity contribution in [3.63, 3.8) is 0 Å². The van der Waals surface area contributed by atoms with E-state index < -0.39 is 0 Å². The summed E-state index contributed by atoms with van der Waals surface area (Å²) in [4.78, 5) is 14.3. The second kappa shape index (κ2) is 8.36. The van der Waals surface area contributed by atoms with Crippen LogP contribution in [0.3, 0.4) is 0 Å². The number of hydrogen-bond acceptors (Lipinski definition) is 2. The summed E-state index contributed by atoms with van der Waals surface area (Å²) in [5, 5.41) is 0. The molecule has 0 saturated carbocycles. The van der Waals surface area contributed by atoms with Crippen molar-refractivity contribution in [2.24, 2.45) is 0 Å². The van der Waals surface area contributed by atoms with Gasteiger partial charge in [0, 0.05) is 14.9 Å². The molecule has 1 heterocycles. The van der Waals surface area contributed by atoms with E-state index in [2.05, 4.69) is 15.9 Å². The van der Waals surface area contributed by atoms with Crippen LogP contribution in [0.15, 0.2) is 59.1 Å². The Labute approximate surface area is 154 Å². The zero-order valence-corrected chi connectivity index (χ0v) is 16.2. The van der Waals surface area contributed by atoms with Crippen molar-refractivity contribution in [3.05, 3.63) is 80.9 Å². The highest BCUT2D eigenvalue weighted by Crippen LogP contribution is 2.30. The predicted octanol–water partition coefficient (Wildman–Crippen LogP) is 6.88. The van der Waals surface area contributed by atoms with Crippen molar-refractivity contribution >= 4 is 33.0 Å². The third kappa shape index (κ3) is 4.19. The lowest BCUT2D eigenvalue weighted by molar-refractivity contribution is 0.104. The molecule has 0 bridgehead atoms. The van der Waals surface area contributed by atoms with E-state index >= 15 is 0 Å². The van der Waals surface area contributed by atoms with Crippen LogP contribution < -0.4 is 0 Å². The molecule has 0 unspecified atom stereocenters. The van der Waals surface area contributed by atoms with Crippen LogP contribution in [-0.2, 0) is 0 Å². The number of rotatable bonds is 3. The van der Waals surface area contributed by atoms with Gasteiger partial charge in [-0.15, -0.1) is 11.3 Å². The molecule has 124 valence electrons. The van der Waals surface area contributed by atoms with E-state index in [9.17, 15) is 9.18 Å². The molecular weight excluding hydrogens is 387 g/mol. The molecule has 0 aliphatic rings. The van der Waals surface area contributed by atoms with E-state index in [0.717, 1.165) is 20.5 Å². The van der Waals surface area contributed by atoms with Gasteiger partial charge >= 0.3 is 0 Å². The monoisotopic (exact) mass is 404 g/mol. The Morgan fingerprint density at radius 2 is 1.67 bits per heavy atom. The van der Waals surface area contributed by atoms with E-state index in [0.29, 0.717) is 10.4 Å². The van der Waals surface area contributed by atoms with Crippen LogP contribution in [0.1, 0.15) is 34.6 Å². The van der Waals surface area contributed by atoms with Crippen LogP contribution in [0.2, 0.25) is 0 Å². The van der Waals surface area contributed by atoms with Crippen LogP contribution >= 0.6 is 27.3 Å². The van der Waals surface area contributed by atoms with Gasteiger partial charge in [-0.2, -0.15) is 0 Å². The van der Waals surface area contributed by atoms with Gasteiger partial charge in [-0.3, -0.25) is 4.79 Å². The molecule has 2 aromatic carbocycles. The number of aryl methyl sites for hydroxylation is 1. The van der Waals surface area contributed by atoms with E-state index in [-0.39, 0.29) is 11.6 Å². The summed E-state index contributed by atoms with van der Waals surface area (Å²) >= 11 is 4.82. The smallest absolute Gasteiger partial charge is 0.203 e. The first-order chi connectivity index (χ1) is 11.5. The van der Waals surface area contributed by atoms with Crippen LogP contribution in [0.4, 0.5) is 4.39 Å². The fourth-order valence-electron chi connectivity index (χ4n) is 2.20. The SMILES string of the molecule is CC.Cc1ccc(Br)cc1C(=O)c1ccc(-c2ccc(F)cc2)s1. The lowest BCUT2D eigenvalue weighted by Gasteiger charge is -2.04. The minimum absolute atomic E-state index is 0.0113. The lowest BCUT2D eigenvalue weighted by Crippen LogP contribution is -2.01. The van der Waals surface area contributed by atoms with Gasteiger partial charge in [-0.05, 0) is 54.4 Å². The summed E-state index contributed by atoms with van der Waals surface area (Å²) in [7, 11) is 0. The zero-order chi connectivity index (χ0) is 17.7. The molecule has 1 aromatic heterocycles. The number of halogens is 2. The molecule has 3 rings (SSSR count). The number of thiophene rings is 1. The predicted molar refractivity (Wildman–Crippen MR) is 103 cm³/mol. The van der Waals surface area contributed by atoms with Gasteiger partial charge in [0.2, 0.25) is 5.78 Å². The standard InChI is InChI=1S/C18H12BrFOS.C2H6/c1-11-2-5-13(19)10-15(11)18(21)17-9-8-16(22-17)12-3-6-14(20)7-4-12;1-2/h2-10H,1H3;1-2H3. The second-order valence-corrected chi connectivity index (χ2v) is 6.96. The zero-order valence-electron chi connectivity index (χ0n) is 13.8. The van der Waals surface area contributed by atoms with Gasteiger partial charge in [-0.25, -0.2) is 4.39 Å². The van der Waals surface area contributed by atoms with Gasteiger partial charge in [0.25, 0.3) is 0 Å². The van der Waals surface area contributed by atoms with Crippen molar-refractivity contribution < 1.29 is 9.18 Å². The minimum atomic E-state index is -0.263. The van der Waals surface area contributed by atoms with Crippen molar-refractivity contribution in [2.45, 2.75) is 20.8 Å². The quantitative estimate of drug-likeness (QED) is 0.434. The van der Waals surface area contributed by atoms with Gasteiger partial charge in [0.1, 0.15) is 5.82 Å².